The third-order valence-electron chi connectivity index (χ3n) is 3.65. The van der Waals surface area contributed by atoms with Crippen LogP contribution in [0.1, 0.15) is 45.7 Å². The molecule has 120 valence electrons. The van der Waals surface area contributed by atoms with Crippen LogP contribution in [0.5, 0.6) is 0 Å². The lowest BCUT2D eigenvalue weighted by atomic mass is 10.0. The van der Waals surface area contributed by atoms with Crippen molar-refractivity contribution in [1.29, 1.82) is 0 Å². The van der Waals surface area contributed by atoms with Gasteiger partial charge >= 0.3 is 0 Å². The van der Waals surface area contributed by atoms with Gasteiger partial charge in [0, 0.05) is 12.7 Å². The van der Waals surface area contributed by atoms with Crippen LogP contribution in [-0.2, 0) is 22.6 Å². The molecule has 2 rings (SSSR count). The zero-order valence-corrected chi connectivity index (χ0v) is 13.4. The van der Waals surface area contributed by atoms with Gasteiger partial charge in [-0.25, -0.2) is 4.68 Å². The molecule has 1 saturated heterocycles. The first-order valence-corrected chi connectivity index (χ1v) is 8.04. The highest BCUT2D eigenvalue weighted by atomic mass is 16.5. The number of hydrogen-bond acceptors (Lipinski definition) is 5. The Bertz CT molecular complexity index is 400. The van der Waals surface area contributed by atoms with E-state index in [0.29, 0.717) is 24.9 Å². The number of hydrogen-bond donors (Lipinski definition) is 1. The van der Waals surface area contributed by atoms with E-state index in [1.54, 1.807) is 0 Å². The van der Waals surface area contributed by atoms with Crippen LogP contribution < -0.4 is 5.32 Å². The predicted molar refractivity (Wildman–Crippen MR) is 81.0 cm³/mol. The van der Waals surface area contributed by atoms with Crippen molar-refractivity contribution >= 4 is 0 Å². The number of nitrogens with one attached hydrogen (secondary N) is 1. The maximum Gasteiger partial charge on any atom is 0.0964 e. The van der Waals surface area contributed by atoms with Gasteiger partial charge in [0.2, 0.25) is 0 Å². The van der Waals surface area contributed by atoms with Crippen LogP contribution in [-0.4, -0.2) is 46.5 Å². The van der Waals surface area contributed by atoms with E-state index in [9.17, 15) is 0 Å². The maximum absolute atomic E-state index is 5.95. The Morgan fingerprint density at radius 2 is 2.14 bits per heavy atom. The molecule has 2 unspecified atom stereocenters. The lowest BCUT2D eigenvalue weighted by molar-refractivity contribution is -0.103. The maximum atomic E-state index is 5.95. The zero-order chi connectivity index (χ0) is 15.1. The van der Waals surface area contributed by atoms with Gasteiger partial charge in [0.15, 0.2) is 0 Å². The Balaban J connectivity index is 1.66. The minimum Gasteiger partial charge on any atom is -0.376 e. The highest BCUT2D eigenvalue weighted by Crippen LogP contribution is 2.21. The monoisotopic (exact) mass is 296 g/mol. The topological polar surface area (TPSA) is 61.2 Å². The highest BCUT2D eigenvalue weighted by molar-refractivity contribution is 4.91. The largest absolute Gasteiger partial charge is 0.376 e. The molecule has 0 amide bonds. The van der Waals surface area contributed by atoms with Gasteiger partial charge in [-0.05, 0) is 39.7 Å². The summed E-state index contributed by atoms with van der Waals surface area (Å²) in [6, 6.07) is 0. The first-order chi connectivity index (χ1) is 10.2. The number of rotatable bonds is 8. The summed E-state index contributed by atoms with van der Waals surface area (Å²) >= 11 is 0. The van der Waals surface area contributed by atoms with Crippen LogP contribution in [0.15, 0.2) is 6.20 Å². The normalized spacial score (nSPS) is 26.1. The third-order valence-corrected chi connectivity index (χ3v) is 3.65. The lowest BCUT2D eigenvalue weighted by Gasteiger charge is -2.31. The van der Waals surface area contributed by atoms with Crippen LogP contribution in [0.2, 0.25) is 0 Å². The van der Waals surface area contributed by atoms with Crippen molar-refractivity contribution in [2.45, 2.75) is 71.4 Å². The Hall–Kier alpha value is -0.980. The standard InChI is InChI=1S/C15H28N4O2/c1-4-5-16-10-14-11-19(18-17-14)6-7-20-15-8-12(2)21-13(3)9-15/h11-13,15-16H,4-10H2,1-3H3. The van der Waals surface area contributed by atoms with E-state index in [1.165, 1.54) is 0 Å². The molecule has 1 aliphatic rings. The Morgan fingerprint density at radius 1 is 1.38 bits per heavy atom. The smallest absolute Gasteiger partial charge is 0.0964 e. The number of aromatic nitrogens is 3. The summed E-state index contributed by atoms with van der Waals surface area (Å²) in [4.78, 5) is 0. The van der Waals surface area contributed by atoms with E-state index in [2.05, 4.69) is 36.4 Å². The van der Waals surface area contributed by atoms with E-state index in [1.807, 2.05) is 10.9 Å². The summed E-state index contributed by atoms with van der Waals surface area (Å²) < 4.78 is 13.5. The summed E-state index contributed by atoms with van der Waals surface area (Å²) in [6.07, 6.45) is 5.97. The van der Waals surface area contributed by atoms with Gasteiger partial charge < -0.3 is 14.8 Å². The molecule has 1 N–H and O–H groups in total. The van der Waals surface area contributed by atoms with E-state index in [-0.39, 0.29) is 0 Å². The first kappa shape index (κ1) is 16.4. The second-order valence-corrected chi connectivity index (χ2v) is 5.87. The number of ether oxygens (including phenoxy) is 2. The van der Waals surface area contributed by atoms with Gasteiger partial charge in [-0.3, -0.25) is 0 Å². The van der Waals surface area contributed by atoms with Crippen molar-refractivity contribution < 1.29 is 9.47 Å². The summed E-state index contributed by atoms with van der Waals surface area (Å²) in [5.41, 5.74) is 0.983. The average molecular weight is 296 g/mol. The van der Waals surface area contributed by atoms with E-state index < -0.39 is 0 Å². The summed E-state index contributed by atoms with van der Waals surface area (Å²) in [5, 5.41) is 11.6. The second kappa shape index (κ2) is 8.46. The fraction of sp³-hybridized carbons (Fsp3) is 0.867. The molecule has 1 aromatic rings. The molecule has 6 nitrogen and oxygen atoms in total. The molecule has 0 aliphatic carbocycles. The zero-order valence-electron chi connectivity index (χ0n) is 13.4. The van der Waals surface area contributed by atoms with Gasteiger partial charge in [-0.2, -0.15) is 0 Å². The molecule has 2 heterocycles. The minimum atomic E-state index is 0.293. The average Bonchev–Trinajstić information content (AvgIpc) is 2.86. The lowest BCUT2D eigenvalue weighted by Crippen LogP contribution is -2.34. The molecular weight excluding hydrogens is 268 g/mol. The van der Waals surface area contributed by atoms with Gasteiger partial charge in [0.05, 0.1) is 37.2 Å². The summed E-state index contributed by atoms with van der Waals surface area (Å²) in [7, 11) is 0. The molecule has 1 aromatic heterocycles. The van der Waals surface area contributed by atoms with Crippen molar-refractivity contribution in [3.63, 3.8) is 0 Å². The van der Waals surface area contributed by atoms with Gasteiger partial charge in [-0.15, -0.1) is 5.10 Å². The molecule has 2 atom stereocenters. The summed E-state index contributed by atoms with van der Waals surface area (Å²) in [5.74, 6) is 0. The van der Waals surface area contributed by atoms with Crippen LogP contribution in [0.4, 0.5) is 0 Å². The van der Waals surface area contributed by atoms with Crippen molar-refractivity contribution in [2.75, 3.05) is 13.2 Å². The molecule has 0 radical (unpaired) electrons. The Kier molecular flexibility index (Phi) is 6.60. The number of nitrogens with zero attached hydrogens (tertiary/aromatic N) is 3. The van der Waals surface area contributed by atoms with Crippen LogP contribution in [0, 0.1) is 0 Å². The Labute approximate surface area is 127 Å². The van der Waals surface area contributed by atoms with Crippen molar-refractivity contribution in [1.82, 2.24) is 20.3 Å². The Morgan fingerprint density at radius 3 is 2.86 bits per heavy atom. The minimum absolute atomic E-state index is 0.293. The predicted octanol–water partition coefficient (Wildman–Crippen LogP) is 1.75. The quantitative estimate of drug-likeness (QED) is 0.741. The molecule has 0 spiro atoms. The fourth-order valence-electron chi connectivity index (χ4n) is 2.72. The summed E-state index contributed by atoms with van der Waals surface area (Å²) in [6.45, 7) is 9.59. The van der Waals surface area contributed by atoms with Crippen molar-refractivity contribution in [3.8, 4) is 0 Å². The van der Waals surface area contributed by atoms with Gasteiger partial charge in [0.1, 0.15) is 0 Å². The van der Waals surface area contributed by atoms with Crippen molar-refractivity contribution in [3.05, 3.63) is 11.9 Å². The highest BCUT2D eigenvalue weighted by Gasteiger charge is 2.24. The van der Waals surface area contributed by atoms with Crippen molar-refractivity contribution in [2.24, 2.45) is 0 Å². The third kappa shape index (κ3) is 5.73. The first-order valence-electron chi connectivity index (χ1n) is 8.04. The molecule has 0 aromatic carbocycles. The van der Waals surface area contributed by atoms with Gasteiger partial charge in [0.25, 0.3) is 0 Å². The molecular formula is C15H28N4O2. The fourth-order valence-corrected chi connectivity index (χ4v) is 2.72. The van der Waals surface area contributed by atoms with Crippen LogP contribution >= 0.6 is 0 Å². The molecule has 0 bridgehead atoms. The van der Waals surface area contributed by atoms with E-state index in [0.717, 1.165) is 44.6 Å². The van der Waals surface area contributed by atoms with E-state index in [4.69, 9.17) is 9.47 Å². The molecule has 1 fully saturated rings. The van der Waals surface area contributed by atoms with Gasteiger partial charge in [-0.1, -0.05) is 12.1 Å². The second-order valence-electron chi connectivity index (χ2n) is 5.87. The van der Waals surface area contributed by atoms with Crippen LogP contribution in [0.25, 0.3) is 0 Å². The van der Waals surface area contributed by atoms with Crippen LogP contribution in [0.3, 0.4) is 0 Å². The SMILES string of the molecule is CCCNCc1cn(CCOC2CC(C)OC(C)C2)nn1. The van der Waals surface area contributed by atoms with E-state index >= 15 is 0 Å². The molecule has 21 heavy (non-hydrogen) atoms. The molecule has 1 aliphatic heterocycles. The molecule has 6 heteroatoms. The molecule has 0 saturated carbocycles.